The molecule has 0 saturated heterocycles. The van der Waals surface area contributed by atoms with Gasteiger partial charge in [0.2, 0.25) is 0 Å². The number of aromatic nitrogens is 2. The van der Waals surface area contributed by atoms with Crippen LogP contribution in [0.4, 0.5) is 0 Å². The maximum atomic E-state index is 12.3. The largest absolute Gasteiger partial charge is 0.456 e. The Kier molecular flexibility index (Phi) is 5.48. The monoisotopic (exact) mass is 368 g/mol. The van der Waals surface area contributed by atoms with Crippen LogP contribution < -0.4 is 5.56 Å². The van der Waals surface area contributed by atoms with Crippen molar-refractivity contribution < 1.29 is 14.3 Å². The van der Waals surface area contributed by atoms with Crippen LogP contribution in [0.3, 0.4) is 0 Å². The average molecular weight is 368 g/mol. The summed E-state index contributed by atoms with van der Waals surface area (Å²) in [5, 5.41) is 0.424. The van der Waals surface area contributed by atoms with Crippen molar-refractivity contribution in [1.82, 2.24) is 9.55 Å². The zero-order valence-electron chi connectivity index (χ0n) is 14.0. The van der Waals surface area contributed by atoms with E-state index in [-0.39, 0.29) is 24.5 Å². The second kappa shape index (κ2) is 7.97. The molecule has 26 heavy (non-hydrogen) atoms. The van der Waals surface area contributed by atoms with Crippen LogP contribution in [0.5, 0.6) is 0 Å². The van der Waals surface area contributed by atoms with Crippen molar-refractivity contribution in [3.8, 4) is 0 Å². The Morgan fingerprint density at radius 1 is 1.12 bits per heavy atom. The van der Waals surface area contributed by atoms with Gasteiger partial charge in [0, 0.05) is 10.5 Å². The third-order valence-electron chi connectivity index (χ3n) is 3.81. The molecule has 0 radical (unpaired) electrons. The van der Waals surface area contributed by atoms with Crippen LogP contribution in [0.2, 0.25) is 0 Å². The summed E-state index contributed by atoms with van der Waals surface area (Å²) in [6, 6.07) is 13.9. The van der Waals surface area contributed by atoms with E-state index in [0.29, 0.717) is 16.5 Å². The number of rotatable bonds is 6. The minimum absolute atomic E-state index is 0.296. The van der Waals surface area contributed by atoms with Gasteiger partial charge >= 0.3 is 5.97 Å². The third-order valence-corrected chi connectivity index (χ3v) is 4.55. The van der Waals surface area contributed by atoms with Gasteiger partial charge in [-0.1, -0.05) is 24.3 Å². The fourth-order valence-electron chi connectivity index (χ4n) is 2.41. The topological polar surface area (TPSA) is 78.3 Å². The Labute approximate surface area is 153 Å². The smallest absolute Gasteiger partial charge is 0.326 e. The number of carbonyl (C=O) groups excluding carboxylic acids is 2. The van der Waals surface area contributed by atoms with Crippen molar-refractivity contribution in [1.29, 1.82) is 0 Å². The van der Waals surface area contributed by atoms with Gasteiger partial charge in [0.1, 0.15) is 6.54 Å². The molecule has 0 unspecified atom stereocenters. The van der Waals surface area contributed by atoms with Crippen LogP contribution in [-0.2, 0) is 16.1 Å². The SMILES string of the molecule is CSc1ccc(C(=O)COC(=O)Cn2cnc3ccccc3c2=O)cc1. The van der Waals surface area contributed by atoms with Crippen LogP contribution >= 0.6 is 11.8 Å². The molecule has 1 aromatic heterocycles. The predicted octanol–water partition coefficient (Wildman–Crippen LogP) is 2.54. The molecule has 132 valence electrons. The zero-order chi connectivity index (χ0) is 18.5. The first kappa shape index (κ1) is 17.9. The molecule has 0 fully saturated rings. The lowest BCUT2D eigenvalue weighted by atomic mass is 10.1. The first-order chi connectivity index (χ1) is 12.6. The Morgan fingerprint density at radius 2 is 1.85 bits per heavy atom. The van der Waals surface area contributed by atoms with Crippen LogP contribution in [-0.4, -0.2) is 34.2 Å². The van der Waals surface area contributed by atoms with Gasteiger partial charge in [-0.3, -0.25) is 19.0 Å². The summed E-state index contributed by atoms with van der Waals surface area (Å²) in [6.45, 7) is -0.664. The number of thioether (sulfide) groups is 1. The number of esters is 1. The van der Waals surface area contributed by atoms with E-state index in [2.05, 4.69) is 4.98 Å². The Morgan fingerprint density at radius 3 is 2.58 bits per heavy atom. The summed E-state index contributed by atoms with van der Waals surface area (Å²) in [5.41, 5.74) is 0.706. The number of ether oxygens (including phenoxy) is 1. The zero-order valence-corrected chi connectivity index (χ0v) is 14.9. The summed E-state index contributed by atoms with van der Waals surface area (Å²) >= 11 is 1.58. The summed E-state index contributed by atoms with van der Waals surface area (Å²) in [4.78, 5) is 41.6. The van der Waals surface area contributed by atoms with Gasteiger partial charge in [0.05, 0.1) is 17.2 Å². The highest BCUT2D eigenvalue weighted by Gasteiger charge is 2.12. The molecule has 7 heteroatoms. The second-order valence-corrected chi connectivity index (χ2v) is 6.39. The van der Waals surface area contributed by atoms with Crippen molar-refractivity contribution >= 4 is 34.4 Å². The van der Waals surface area contributed by atoms with Crippen molar-refractivity contribution in [3.63, 3.8) is 0 Å². The molecular weight excluding hydrogens is 352 g/mol. The molecule has 0 atom stereocenters. The first-order valence-corrected chi connectivity index (χ1v) is 9.08. The number of ketones is 1. The Bertz CT molecular complexity index is 1010. The minimum Gasteiger partial charge on any atom is -0.456 e. The summed E-state index contributed by atoms with van der Waals surface area (Å²) in [5.74, 6) is -0.965. The molecule has 1 heterocycles. The fourth-order valence-corrected chi connectivity index (χ4v) is 2.82. The van der Waals surface area contributed by atoms with E-state index < -0.39 is 5.97 Å². The highest BCUT2D eigenvalue weighted by Crippen LogP contribution is 2.15. The number of hydrogen-bond donors (Lipinski definition) is 0. The number of benzene rings is 2. The first-order valence-electron chi connectivity index (χ1n) is 7.85. The van der Waals surface area contributed by atoms with Gasteiger partial charge in [0.15, 0.2) is 12.4 Å². The Hall–Kier alpha value is -2.93. The lowest BCUT2D eigenvalue weighted by molar-refractivity contribution is -0.143. The number of hydrogen-bond acceptors (Lipinski definition) is 6. The number of nitrogens with zero attached hydrogens (tertiary/aromatic N) is 2. The lowest BCUT2D eigenvalue weighted by Crippen LogP contribution is -2.26. The normalized spacial score (nSPS) is 10.7. The van der Waals surface area contributed by atoms with E-state index in [1.54, 1.807) is 48.2 Å². The van der Waals surface area contributed by atoms with Crippen LogP contribution in [0, 0.1) is 0 Å². The standard InChI is InChI=1S/C19H16N2O4S/c1-26-14-8-6-13(7-9-14)17(22)11-25-18(23)10-21-12-20-16-5-3-2-4-15(16)19(21)24/h2-9,12H,10-11H2,1H3. The average Bonchev–Trinajstić information content (AvgIpc) is 2.68. The molecule has 3 rings (SSSR count). The molecule has 2 aromatic carbocycles. The van der Waals surface area contributed by atoms with Crippen molar-refractivity contribution in [2.75, 3.05) is 12.9 Å². The highest BCUT2D eigenvalue weighted by atomic mass is 32.2. The van der Waals surface area contributed by atoms with E-state index in [4.69, 9.17) is 4.74 Å². The fraction of sp³-hybridized carbons (Fsp3) is 0.158. The molecule has 0 aliphatic heterocycles. The lowest BCUT2D eigenvalue weighted by Gasteiger charge is -2.07. The van der Waals surface area contributed by atoms with E-state index in [9.17, 15) is 14.4 Å². The van der Waals surface area contributed by atoms with Gasteiger partial charge in [-0.05, 0) is 30.5 Å². The van der Waals surface area contributed by atoms with Crippen molar-refractivity contribution in [2.45, 2.75) is 11.4 Å². The Balaban J connectivity index is 1.63. The summed E-state index contributed by atoms with van der Waals surface area (Å²) in [7, 11) is 0. The minimum atomic E-state index is -0.668. The maximum Gasteiger partial charge on any atom is 0.326 e. The van der Waals surface area contributed by atoms with Crippen LogP contribution in [0.15, 0.2) is 64.5 Å². The molecule has 0 saturated carbocycles. The number of fused-ring (bicyclic) bond motifs is 1. The highest BCUT2D eigenvalue weighted by molar-refractivity contribution is 7.98. The molecule has 3 aromatic rings. The van der Waals surface area contributed by atoms with Crippen molar-refractivity contribution in [2.24, 2.45) is 0 Å². The van der Waals surface area contributed by atoms with Gasteiger partial charge in [0.25, 0.3) is 5.56 Å². The van der Waals surface area contributed by atoms with Gasteiger partial charge < -0.3 is 4.74 Å². The van der Waals surface area contributed by atoms with Gasteiger partial charge in [-0.25, -0.2) is 4.98 Å². The maximum absolute atomic E-state index is 12.3. The quantitative estimate of drug-likeness (QED) is 0.378. The van der Waals surface area contributed by atoms with E-state index in [1.165, 1.54) is 10.9 Å². The van der Waals surface area contributed by atoms with E-state index in [1.807, 2.05) is 18.4 Å². The van der Waals surface area contributed by atoms with Crippen LogP contribution in [0.25, 0.3) is 10.9 Å². The molecule has 0 bridgehead atoms. The molecule has 0 aliphatic carbocycles. The predicted molar refractivity (Wildman–Crippen MR) is 99.5 cm³/mol. The molecule has 0 aliphatic rings. The number of carbonyl (C=O) groups is 2. The number of Topliss-reactive ketones (excluding diaryl/α,β-unsaturated/α-hetero) is 1. The molecule has 0 amide bonds. The van der Waals surface area contributed by atoms with E-state index >= 15 is 0 Å². The second-order valence-electron chi connectivity index (χ2n) is 5.51. The van der Waals surface area contributed by atoms with E-state index in [0.717, 1.165) is 4.90 Å². The molecule has 0 spiro atoms. The van der Waals surface area contributed by atoms with Gasteiger partial charge in [-0.15, -0.1) is 11.8 Å². The molecular formula is C19H16N2O4S. The summed E-state index contributed by atoms with van der Waals surface area (Å²) in [6.07, 6.45) is 3.25. The number of para-hydroxylation sites is 1. The van der Waals surface area contributed by atoms with Crippen LogP contribution in [0.1, 0.15) is 10.4 Å². The summed E-state index contributed by atoms with van der Waals surface area (Å²) < 4.78 is 6.17. The third kappa shape index (κ3) is 4.00. The van der Waals surface area contributed by atoms with Crippen molar-refractivity contribution in [3.05, 3.63) is 70.8 Å². The molecule has 6 nitrogen and oxygen atoms in total. The van der Waals surface area contributed by atoms with Gasteiger partial charge in [-0.2, -0.15) is 0 Å². The molecule has 0 N–H and O–H groups in total.